The zero-order valence-electron chi connectivity index (χ0n) is 17.1. The number of anilines is 1. The average molecular weight is 421 g/mol. The number of hydrogen-bond donors (Lipinski definition) is 1. The smallest absolute Gasteiger partial charge is 0.329 e. The minimum Gasteiger partial charge on any atom is -0.364 e. The maximum absolute atomic E-state index is 14.8. The topological polar surface area (TPSA) is 79.6 Å². The maximum Gasteiger partial charge on any atom is 0.329 e. The molecule has 0 saturated carbocycles. The van der Waals surface area contributed by atoms with Crippen molar-refractivity contribution in [3.05, 3.63) is 28.7 Å². The van der Waals surface area contributed by atoms with E-state index in [9.17, 15) is 23.2 Å². The Bertz CT molecular complexity index is 1050. The van der Waals surface area contributed by atoms with Crippen LogP contribution in [0.25, 0.3) is 11.0 Å². The van der Waals surface area contributed by atoms with E-state index < -0.39 is 36.0 Å². The molecule has 3 unspecified atom stereocenters. The Morgan fingerprint density at radius 3 is 2.37 bits per heavy atom. The number of benzene rings is 1. The summed E-state index contributed by atoms with van der Waals surface area (Å²) in [7, 11) is 4.89. The number of para-hydroxylation sites is 1. The lowest BCUT2D eigenvalue weighted by atomic mass is 9.99. The fourth-order valence-corrected chi connectivity index (χ4v) is 4.68. The third-order valence-corrected chi connectivity index (χ3v) is 6.07. The lowest BCUT2D eigenvalue weighted by Gasteiger charge is -2.41. The summed E-state index contributed by atoms with van der Waals surface area (Å²) >= 11 is 0. The molecule has 3 heterocycles. The normalized spacial score (nSPS) is 27.7. The lowest BCUT2D eigenvalue weighted by molar-refractivity contribution is -0.135. The van der Waals surface area contributed by atoms with Gasteiger partial charge in [-0.3, -0.25) is 24.0 Å². The summed E-state index contributed by atoms with van der Waals surface area (Å²) in [6.45, 7) is 0.000331. The van der Waals surface area contributed by atoms with Crippen molar-refractivity contribution in [2.75, 3.05) is 32.1 Å². The number of nitrogens with one attached hydrogen (secondary N) is 1. The summed E-state index contributed by atoms with van der Waals surface area (Å²) in [5.74, 6) is -0.886. The number of piperidine rings is 2. The number of carbonyl (C=O) groups excluding carboxylic acids is 2. The van der Waals surface area contributed by atoms with Crippen molar-refractivity contribution >= 4 is 28.5 Å². The van der Waals surface area contributed by atoms with Crippen molar-refractivity contribution in [3.63, 3.8) is 0 Å². The molecule has 4 rings (SSSR count). The number of alkyl halides is 2. The molecule has 0 spiro atoms. The average Bonchev–Trinajstić information content (AvgIpc) is 2.92. The third kappa shape index (κ3) is 3.19. The SMILES string of the molecule is CN(C)C1C(F)CN(c2cccc3c2n(C)c(=O)n3C2CCC(=O)NC2=O)CC1F. The van der Waals surface area contributed by atoms with Gasteiger partial charge in [0, 0.05) is 13.5 Å². The summed E-state index contributed by atoms with van der Waals surface area (Å²) in [4.78, 5) is 40.0. The molecule has 0 bridgehead atoms. The highest BCUT2D eigenvalue weighted by molar-refractivity contribution is 6.00. The summed E-state index contributed by atoms with van der Waals surface area (Å²) in [6.07, 6.45) is -2.42. The van der Waals surface area contributed by atoms with Crippen LogP contribution in [-0.4, -0.2) is 71.4 Å². The molecule has 30 heavy (non-hydrogen) atoms. The number of nitrogens with zero attached hydrogens (tertiary/aromatic N) is 4. The van der Waals surface area contributed by atoms with Crippen molar-refractivity contribution in [1.82, 2.24) is 19.4 Å². The summed E-state index contributed by atoms with van der Waals surface area (Å²) in [5, 5.41) is 2.27. The lowest BCUT2D eigenvalue weighted by Crippen LogP contribution is -2.57. The highest BCUT2D eigenvalue weighted by Crippen LogP contribution is 2.32. The van der Waals surface area contributed by atoms with E-state index in [1.165, 1.54) is 9.13 Å². The number of aromatic nitrogens is 2. The number of halogens is 2. The number of hydrogen-bond acceptors (Lipinski definition) is 5. The molecule has 2 saturated heterocycles. The zero-order valence-corrected chi connectivity index (χ0v) is 17.1. The molecule has 2 aliphatic heterocycles. The van der Waals surface area contributed by atoms with Crippen LogP contribution < -0.4 is 15.9 Å². The number of rotatable bonds is 3. The van der Waals surface area contributed by atoms with Gasteiger partial charge in [0.2, 0.25) is 11.8 Å². The van der Waals surface area contributed by atoms with E-state index in [2.05, 4.69) is 5.32 Å². The van der Waals surface area contributed by atoms with E-state index in [-0.39, 0.29) is 31.8 Å². The largest absolute Gasteiger partial charge is 0.364 e. The van der Waals surface area contributed by atoms with Gasteiger partial charge < -0.3 is 9.80 Å². The third-order valence-electron chi connectivity index (χ3n) is 6.07. The Morgan fingerprint density at radius 2 is 1.77 bits per heavy atom. The van der Waals surface area contributed by atoms with Crippen molar-refractivity contribution in [1.29, 1.82) is 0 Å². The van der Waals surface area contributed by atoms with Crippen LogP contribution in [0.2, 0.25) is 0 Å². The molecule has 8 nitrogen and oxygen atoms in total. The predicted octanol–water partition coefficient (Wildman–Crippen LogP) is 0.744. The van der Waals surface area contributed by atoms with Crippen LogP contribution in [0, 0.1) is 0 Å². The first-order chi connectivity index (χ1) is 14.2. The fraction of sp³-hybridized carbons (Fsp3) is 0.550. The van der Waals surface area contributed by atoms with E-state index in [4.69, 9.17) is 0 Å². The van der Waals surface area contributed by atoms with Crippen LogP contribution >= 0.6 is 0 Å². The van der Waals surface area contributed by atoms with Crippen LogP contribution in [0.3, 0.4) is 0 Å². The molecule has 3 atom stereocenters. The summed E-state index contributed by atoms with van der Waals surface area (Å²) < 4.78 is 32.3. The van der Waals surface area contributed by atoms with Crippen LogP contribution in [0.5, 0.6) is 0 Å². The van der Waals surface area contributed by atoms with Gasteiger partial charge in [-0.1, -0.05) is 6.07 Å². The van der Waals surface area contributed by atoms with E-state index >= 15 is 0 Å². The molecule has 1 aromatic carbocycles. The van der Waals surface area contributed by atoms with Gasteiger partial charge in [0.1, 0.15) is 18.4 Å². The number of fused-ring (bicyclic) bond motifs is 1. The Labute approximate surface area is 172 Å². The second kappa shape index (κ2) is 7.50. The zero-order chi connectivity index (χ0) is 21.7. The van der Waals surface area contributed by atoms with Gasteiger partial charge in [-0.25, -0.2) is 13.6 Å². The molecule has 2 amide bonds. The van der Waals surface area contributed by atoms with Gasteiger partial charge >= 0.3 is 5.69 Å². The van der Waals surface area contributed by atoms with E-state index in [0.717, 1.165) is 0 Å². The fourth-order valence-electron chi connectivity index (χ4n) is 4.68. The number of carbonyl (C=O) groups is 2. The molecule has 2 fully saturated rings. The number of imide groups is 1. The standard InChI is InChI=1S/C20H25F2N5O3/c1-24(2)17-11(21)9-26(10-12(17)22)13-5-4-6-14-18(13)25(3)20(30)27(14)15-7-8-16(28)23-19(15)29/h4-6,11-12,15,17H,7-10H2,1-3H3,(H,23,28,29). The van der Waals surface area contributed by atoms with Crippen molar-refractivity contribution < 1.29 is 18.4 Å². The highest BCUT2D eigenvalue weighted by Gasteiger charge is 2.40. The first-order valence-corrected chi connectivity index (χ1v) is 9.93. The van der Waals surface area contributed by atoms with Crippen LogP contribution in [-0.2, 0) is 16.6 Å². The molecule has 162 valence electrons. The van der Waals surface area contributed by atoms with Crippen LogP contribution in [0.1, 0.15) is 18.9 Å². The molecule has 0 radical (unpaired) electrons. The second-order valence-corrected chi connectivity index (χ2v) is 8.21. The van der Waals surface area contributed by atoms with E-state index in [1.807, 2.05) is 0 Å². The van der Waals surface area contributed by atoms with Crippen molar-refractivity contribution in [2.24, 2.45) is 7.05 Å². The number of aryl methyl sites for hydroxylation is 1. The van der Waals surface area contributed by atoms with E-state index in [0.29, 0.717) is 16.7 Å². The molecular weight excluding hydrogens is 396 g/mol. The van der Waals surface area contributed by atoms with Gasteiger partial charge in [0.25, 0.3) is 0 Å². The number of amides is 2. The summed E-state index contributed by atoms with van der Waals surface area (Å²) in [6, 6.07) is 3.51. The van der Waals surface area contributed by atoms with Crippen LogP contribution in [0.4, 0.5) is 14.5 Å². The summed E-state index contributed by atoms with van der Waals surface area (Å²) in [5.41, 5.74) is 1.13. The minimum atomic E-state index is -1.40. The Balaban J connectivity index is 1.78. The Hall–Kier alpha value is -2.75. The van der Waals surface area contributed by atoms with Crippen molar-refractivity contribution in [2.45, 2.75) is 37.3 Å². The van der Waals surface area contributed by atoms with Crippen LogP contribution in [0.15, 0.2) is 23.0 Å². The highest BCUT2D eigenvalue weighted by atomic mass is 19.1. The number of imidazole rings is 1. The second-order valence-electron chi connectivity index (χ2n) is 8.21. The molecule has 10 heteroatoms. The van der Waals surface area contributed by atoms with Crippen molar-refractivity contribution in [3.8, 4) is 0 Å². The molecule has 0 aliphatic carbocycles. The first-order valence-electron chi connectivity index (χ1n) is 9.93. The minimum absolute atomic E-state index is 0.000166. The van der Waals surface area contributed by atoms with E-state index in [1.54, 1.807) is 49.1 Å². The predicted molar refractivity (Wildman–Crippen MR) is 108 cm³/mol. The monoisotopic (exact) mass is 421 g/mol. The molecule has 1 N–H and O–H groups in total. The quantitative estimate of drug-likeness (QED) is 0.740. The Morgan fingerprint density at radius 1 is 1.10 bits per heavy atom. The van der Waals surface area contributed by atoms with Gasteiger partial charge in [-0.15, -0.1) is 0 Å². The van der Waals surface area contributed by atoms with Gasteiger partial charge in [-0.2, -0.15) is 0 Å². The van der Waals surface area contributed by atoms with Gasteiger partial charge in [-0.05, 0) is 32.6 Å². The first kappa shape index (κ1) is 20.5. The molecule has 2 aliphatic rings. The van der Waals surface area contributed by atoms with Gasteiger partial charge in [0.05, 0.1) is 35.9 Å². The Kier molecular flexibility index (Phi) is 5.13. The molecular formula is C20H25F2N5O3. The van der Waals surface area contributed by atoms with Gasteiger partial charge in [0.15, 0.2) is 0 Å². The maximum atomic E-state index is 14.8. The molecule has 1 aromatic heterocycles. The molecule has 2 aromatic rings.